The van der Waals surface area contributed by atoms with Crippen LogP contribution in [0.1, 0.15) is 125 Å². The smallest absolute Gasteiger partial charge is 0.408 e. The highest BCUT2D eigenvalue weighted by atomic mass is 28.4. The largest absolute Gasteiger partial charge is 0.455 e. The lowest BCUT2D eigenvalue weighted by atomic mass is 9.30. The molecule has 5 aliphatic rings. The maximum absolute atomic E-state index is 15.9. The molecule has 0 aromatic heterocycles. The number of carbonyl (C=O) groups is 5. The standard InChI is InChI=1S/C54H77NO14Si2/c1-14-70(15-2,16-3)68-37-30-38-52(32-63-38,65-34(8)56)43-45(64-46(59)36-28-24-21-25-29-36)53(62)31-54(33(7)39(51(53,54)13)41(57)44(58)50(37,43)12)66-47(60)42(69-71(17-4,18-5)19-6)40(35-26-22-20-23-27-35)55-48(61)67-49(9,10)11/h20-29,37-38,40-43,45,57,62H,14-19,30-32H2,1-13H3,(H,55,61)/t37-,38+,40?,41+,42+,43-,45-,50+,51?,52-,53+,54?/m0/s1. The second-order valence-corrected chi connectivity index (χ2v) is 31.4. The van der Waals surface area contributed by atoms with Crippen molar-refractivity contribution in [3.05, 3.63) is 82.9 Å². The second kappa shape index (κ2) is 19.6. The van der Waals surface area contributed by atoms with E-state index in [1.807, 2.05) is 26.8 Å². The van der Waals surface area contributed by atoms with Crippen molar-refractivity contribution in [2.75, 3.05) is 6.61 Å². The first-order chi connectivity index (χ1) is 33.3. The summed E-state index contributed by atoms with van der Waals surface area (Å²) in [4.78, 5) is 73.3. The van der Waals surface area contributed by atoms with Gasteiger partial charge >= 0.3 is 24.0 Å². The number of aliphatic hydroxyl groups is 2. The van der Waals surface area contributed by atoms with Gasteiger partial charge in [0.05, 0.1) is 41.1 Å². The normalized spacial score (nSPS) is 32.9. The summed E-state index contributed by atoms with van der Waals surface area (Å²) in [5, 5.41) is 29.7. The molecule has 1 aliphatic heterocycles. The maximum atomic E-state index is 15.9. The van der Waals surface area contributed by atoms with Crippen LogP contribution in [0.4, 0.5) is 4.79 Å². The highest BCUT2D eigenvalue weighted by Crippen LogP contribution is 2.78. The molecule has 71 heavy (non-hydrogen) atoms. The number of benzene rings is 2. The summed E-state index contributed by atoms with van der Waals surface area (Å²) in [5.41, 5.74) is -8.76. The number of esters is 3. The van der Waals surface area contributed by atoms with E-state index in [4.69, 9.17) is 32.5 Å². The number of fused-ring (bicyclic) bond motifs is 3. The van der Waals surface area contributed by atoms with E-state index < -0.39 is 122 Å². The van der Waals surface area contributed by atoms with Crippen LogP contribution in [0.2, 0.25) is 36.3 Å². The Bertz CT molecular complexity index is 2370. The Balaban J connectivity index is 1.43. The Morgan fingerprint density at radius 2 is 1.42 bits per heavy atom. The number of rotatable bonds is 18. The van der Waals surface area contributed by atoms with E-state index in [1.165, 1.54) is 6.92 Å². The second-order valence-electron chi connectivity index (χ2n) is 22.0. The Morgan fingerprint density at radius 3 is 1.93 bits per heavy atom. The minimum atomic E-state index is -2.72. The molecule has 4 fully saturated rings. The Kier molecular flexibility index (Phi) is 15.0. The number of ketones is 1. The lowest BCUT2D eigenvalue weighted by Crippen LogP contribution is -2.90. The molecular formula is C54H77NO14Si2. The highest BCUT2D eigenvalue weighted by molar-refractivity contribution is 6.74. The number of hydrogen-bond donors (Lipinski definition) is 3. The van der Waals surface area contributed by atoms with Gasteiger partial charge in [-0.25, -0.2) is 14.4 Å². The third-order valence-corrected chi connectivity index (χ3v) is 27.0. The van der Waals surface area contributed by atoms with Crippen molar-refractivity contribution in [2.24, 2.45) is 16.7 Å². The van der Waals surface area contributed by atoms with Gasteiger partial charge in [0, 0.05) is 19.8 Å². The van der Waals surface area contributed by atoms with Crippen molar-refractivity contribution >= 4 is 46.4 Å². The van der Waals surface area contributed by atoms with E-state index in [0.29, 0.717) is 29.3 Å². The first-order valence-electron chi connectivity index (χ1n) is 25.7. The average molecular weight is 1020 g/mol. The third kappa shape index (κ3) is 8.56. The number of alkyl carbamates (subject to hydrolysis) is 1. The maximum Gasteiger partial charge on any atom is 0.408 e. The van der Waals surface area contributed by atoms with E-state index >= 15 is 9.59 Å². The van der Waals surface area contributed by atoms with Gasteiger partial charge in [0.25, 0.3) is 0 Å². The summed E-state index contributed by atoms with van der Waals surface area (Å²) >= 11 is 0. The predicted octanol–water partition coefficient (Wildman–Crippen LogP) is 8.68. The number of amides is 1. The first-order valence-corrected chi connectivity index (χ1v) is 30.7. The monoisotopic (exact) mass is 1020 g/mol. The number of hydrogen-bond acceptors (Lipinski definition) is 14. The zero-order valence-corrected chi connectivity index (χ0v) is 46.0. The minimum absolute atomic E-state index is 0.126. The summed E-state index contributed by atoms with van der Waals surface area (Å²) < 4.78 is 46.2. The third-order valence-electron chi connectivity index (χ3n) is 17.7. The number of ether oxygens (including phenoxy) is 5. The van der Waals surface area contributed by atoms with E-state index in [1.54, 1.807) is 96.1 Å². The molecule has 0 radical (unpaired) electrons. The summed E-state index contributed by atoms with van der Waals surface area (Å²) in [6.45, 7) is 23.5. The van der Waals surface area contributed by atoms with Gasteiger partial charge in [-0.05, 0) is 107 Å². The van der Waals surface area contributed by atoms with Crippen LogP contribution in [0, 0.1) is 16.7 Å². The van der Waals surface area contributed by atoms with Crippen molar-refractivity contribution in [3.63, 3.8) is 0 Å². The lowest BCUT2D eigenvalue weighted by molar-refractivity contribution is -0.375. The predicted molar refractivity (Wildman–Crippen MR) is 269 cm³/mol. The molecule has 17 heteroatoms. The topological polar surface area (TPSA) is 202 Å². The highest BCUT2D eigenvalue weighted by Gasteiger charge is 2.89. The van der Waals surface area contributed by atoms with Gasteiger partial charge < -0.3 is 48.1 Å². The number of Topliss-reactive ketones (excluding diaryl/α,β-unsaturated/α-hetero) is 1. The first kappa shape index (κ1) is 54.5. The fourth-order valence-corrected chi connectivity index (χ4v) is 18.9. The fraction of sp³-hybridized carbons (Fsp3) is 0.648. The molecule has 1 saturated heterocycles. The lowest BCUT2D eigenvalue weighted by Gasteiger charge is -2.78. The molecular weight excluding hydrogens is 943 g/mol. The number of nitrogens with one attached hydrogen (secondary N) is 1. The molecule has 2 aromatic rings. The van der Waals surface area contributed by atoms with Gasteiger partial charge in [0.2, 0.25) is 0 Å². The summed E-state index contributed by atoms with van der Waals surface area (Å²) in [6.07, 6.45) is -7.72. The summed E-state index contributed by atoms with van der Waals surface area (Å²) in [7, 11) is -5.30. The Morgan fingerprint density at radius 1 is 0.859 bits per heavy atom. The van der Waals surface area contributed by atoms with E-state index in [0.717, 1.165) is 18.1 Å². The van der Waals surface area contributed by atoms with Crippen molar-refractivity contribution in [3.8, 4) is 0 Å². The molecule has 4 aliphatic carbocycles. The minimum Gasteiger partial charge on any atom is -0.455 e. The van der Waals surface area contributed by atoms with E-state index in [-0.39, 0.29) is 30.6 Å². The molecule has 3 saturated carbocycles. The molecule has 12 atom stereocenters. The molecule has 15 nitrogen and oxygen atoms in total. The molecule has 0 spiro atoms. The summed E-state index contributed by atoms with van der Waals surface area (Å²) in [5.74, 6) is -4.36. The van der Waals surface area contributed by atoms with E-state index in [2.05, 4.69) is 26.1 Å². The zero-order valence-electron chi connectivity index (χ0n) is 44.0. The molecule has 7 rings (SSSR count). The number of aliphatic hydroxyl groups excluding tert-OH is 1. The molecule has 1 heterocycles. The molecule has 3 N–H and O–H groups in total. The average Bonchev–Trinajstić information content (AvgIpc) is 3.34. The fourth-order valence-electron chi connectivity index (χ4n) is 13.2. The molecule has 0 bridgehead atoms. The van der Waals surface area contributed by atoms with Crippen molar-refractivity contribution in [2.45, 2.75) is 198 Å². The van der Waals surface area contributed by atoms with Gasteiger partial charge in [-0.1, -0.05) is 90.1 Å². The SMILES string of the molecule is CC[Si](CC)(CC)O[C@H]1C[C@H]2OC[C@@]2(OC(C)=O)[C@H]2[C@H](OC(=O)c3ccccc3)[C@]3(O)CC4(OC(=O)[C@H](O[Si](CC)(CC)CC)C(NC(=O)OC(C)(C)C)c5ccccc5)C(C)=C([C@@H](O)C(=O)[C@]12C)C43C. The molecule has 3 unspecified atom stereocenters. The van der Waals surface area contributed by atoms with Crippen LogP contribution in [-0.2, 0) is 46.9 Å². The number of carbonyl (C=O) groups excluding carboxylic acids is 5. The van der Waals surface area contributed by atoms with Gasteiger partial charge in [-0.15, -0.1) is 0 Å². The van der Waals surface area contributed by atoms with Gasteiger partial charge in [0.1, 0.15) is 35.1 Å². The quantitative estimate of drug-likeness (QED) is 0.0554. The van der Waals surface area contributed by atoms with Crippen LogP contribution in [0.15, 0.2) is 71.8 Å². The van der Waals surface area contributed by atoms with Gasteiger partial charge in [-0.3, -0.25) is 9.59 Å². The van der Waals surface area contributed by atoms with Crippen molar-refractivity contribution in [1.29, 1.82) is 0 Å². The molecule has 2 aromatic carbocycles. The van der Waals surface area contributed by atoms with Crippen LogP contribution in [0.3, 0.4) is 0 Å². The van der Waals surface area contributed by atoms with Gasteiger partial charge in [0.15, 0.2) is 34.1 Å². The van der Waals surface area contributed by atoms with Crippen LogP contribution >= 0.6 is 0 Å². The van der Waals surface area contributed by atoms with Crippen LogP contribution in [0.5, 0.6) is 0 Å². The Labute approximate surface area is 421 Å². The van der Waals surface area contributed by atoms with Crippen LogP contribution < -0.4 is 5.32 Å². The van der Waals surface area contributed by atoms with Crippen molar-refractivity contribution < 1.29 is 66.7 Å². The molecule has 1 amide bonds. The van der Waals surface area contributed by atoms with Crippen molar-refractivity contribution in [1.82, 2.24) is 5.32 Å². The molecule has 390 valence electrons. The Hall–Kier alpha value is -4.24. The van der Waals surface area contributed by atoms with Crippen LogP contribution in [-0.4, -0.2) is 116 Å². The van der Waals surface area contributed by atoms with Crippen LogP contribution in [0.25, 0.3) is 0 Å². The van der Waals surface area contributed by atoms with Gasteiger partial charge in [-0.2, -0.15) is 0 Å². The summed E-state index contributed by atoms with van der Waals surface area (Å²) in [6, 6.07) is 20.2. The zero-order chi connectivity index (χ0) is 52.3. The van der Waals surface area contributed by atoms with E-state index in [9.17, 15) is 24.6 Å².